The first-order chi connectivity index (χ1) is 5.22. The Balaban J connectivity index is 3.04. The average molecular weight is 154 g/mol. The maximum absolute atomic E-state index is 12.8. The zero-order valence-corrected chi connectivity index (χ0v) is 6.14. The highest BCUT2D eigenvalue weighted by molar-refractivity contribution is 5.60. The first-order valence-electron chi connectivity index (χ1n) is 3.29. The third kappa shape index (κ3) is 1.87. The monoisotopic (exact) mass is 154 g/mol. The lowest BCUT2D eigenvalue weighted by molar-refractivity contribution is 0.606. The van der Waals surface area contributed by atoms with Gasteiger partial charge in [-0.1, -0.05) is 30.3 Å². The zero-order valence-electron chi connectivity index (χ0n) is 6.14. The molecule has 0 heterocycles. The first kappa shape index (κ1) is 7.92. The molecule has 0 fully saturated rings. The van der Waals surface area contributed by atoms with E-state index in [1.807, 2.05) is 0 Å². The molecule has 2 heteroatoms. The molecule has 0 atom stereocenters. The van der Waals surface area contributed by atoms with Gasteiger partial charge < -0.3 is 0 Å². The second-order valence-corrected chi connectivity index (χ2v) is 2.21. The van der Waals surface area contributed by atoms with Crippen molar-refractivity contribution in [1.29, 1.82) is 0 Å². The second kappa shape index (κ2) is 3.28. The molecule has 0 saturated carbocycles. The predicted octanol–water partition coefficient (Wildman–Crippen LogP) is 3.31. The first-order valence-corrected chi connectivity index (χ1v) is 3.29. The molecule has 0 spiro atoms. The zero-order chi connectivity index (χ0) is 8.27. The van der Waals surface area contributed by atoms with Crippen molar-refractivity contribution in [1.82, 2.24) is 0 Å². The summed E-state index contributed by atoms with van der Waals surface area (Å²) in [5, 5.41) is 0. The maximum Gasteiger partial charge on any atom is 0.161 e. The third-order valence-electron chi connectivity index (χ3n) is 1.33. The number of halogens is 2. The molecular weight excluding hydrogens is 146 g/mol. The quantitative estimate of drug-likeness (QED) is 0.582. The lowest BCUT2D eigenvalue weighted by atomic mass is 10.2. The van der Waals surface area contributed by atoms with E-state index in [-0.39, 0.29) is 5.56 Å². The number of allylic oxidation sites excluding steroid dienone is 1. The molecule has 0 bridgehead atoms. The molecule has 0 radical (unpaired) electrons. The Morgan fingerprint density at radius 2 is 1.64 bits per heavy atom. The van der Waals surface area contributed by atoms with Gasteiger partial charge in [0.25, 0.3) is 0 Å². The summed E-state index contributed by atoms with van der Waals surface area (Å²) in [5.74, 6) is -1.57. The van der Waals surface area contributed by atoms with Crippen LogP contribution in [0.5, 0.6) is 0 Å². The fourth-order valence-electron chi connectivity index (χ4n) is 0.783. The van der Waals surface area contributed by atoms with Crippen LogP contribution in [0.3, 0.4) is 0 Å². The van der Waals surface area contributed by atoms with Crippen molar-refractivity contribution in [2.24, 2.45) is 0 Å². The lowest BCUT2D eigenvalue weighted by Gasteiger charge is -1.95. The summed E-state index contributed by atoms with van der Waals surface area (Å²) in [6.07, 6.45) is 0. The van der Waals surface area contributed by atoms with E-state index in [1.54, 1.807) is 18.2 Å². The van der Waals surface area contributed by atoms with Crippen LogP contribution in [0.15, 0.2) is 36.2 Å². The van der Waals surface area contributed by atoms with Gasteiger partial charge in [0.05, 0.1) is 0 Å². The van der Waals surface area contributed by atoms with Crippen LogP contribution in [0.25, 0.3) is 5.83 Å². The molecule has 1 rings (SSSR count). The Labute approximate surface area is 64.2 Å². The predicted molar refractivity (Wildman–Crippen MR) is 41.3 cm³/mol. The van der Waals surface area contributed by atoms with Crippen LogP contribution in [-0.2, 0) is 0 Å². The summed E-state index contributed by atoms with van der Waals surface area (Å²) in [6, 6.07) is 8.14. The normalized spacial score (nSPS) is 12.6. The summed E-state index contributed by atoms with van der Waals surface area (Å²) in [4.78, 5) is 0. The van der Waals surface area contributed by atoms with E-state index in [0.29, 0.717) is 0 Å². The van der Waals surface area contributed by atoms with Crippen molar-refractivity contribution in [3.8, 4) is 0 Å². The molecule has 0 aliphatic carbocycles. The van der Waals surface area contributed by atoms with Gasteiger partial charge in [-0.3, -0.25) is 0 Å². The fourth-order valence-corrected chi connectivity index (χ4v) is 0.783. The number of rotatable bonds is 1. The van der Waals surface area contributed by atoms with Crippen LogP contribution in [-0.4, -0.2) is 0 Å². The molecule has 58 valence electrons. The minimum atomic E-state index is -0.786. The van der Waals surface area contributed by atoms with Gasteiger partial charge in [-0.05, 0) is 6.92 Å². The summed E-state index contributed by atoms with van der Waals surface area (Å²) in [5.41, 5.74) is 0.285. The van der Waals surface area contributed by atoms with E-state index < -0.39 is 11.7 Å². The van der Waals surface area contributed by atoms with Crippen molar-refractivity contribution in [2.45, 2.75) is 6.92 Å². The molecule has 1 aromatic carbocycles. The standard InChI is InChI=1S/C9H8F2/c1-7(10)9(11)8-5-3-2-4-6-8/h2-6H,1H3/b9-7+. The molecule has 1 aromatic rings. The Bertz CT molecular complexity index is 258. The van der Waals surface area contributed by atoms with Crippen LogP contribution >= 0.6 is 0 Å². The Hall–Kier alpha value is -1.18. The summed E-state index contributed by atoms with van der Waals surface area (Å²) < 4.78 is 25.0. The summed E-state index contributed by atoms with van der Waals surface area (Å²) in [7, 11) is 0. The average Bonchev–Trinajstić information content (AvgIpc) is 2.05. The van der Waals surface area contributed by atoms with Crippen LogP contribution in [0, 0.1) is 0 Å². The van der Waals surface area contributed by atoms with E-state index in [2.05, 4.69) is 0 Å². The highest BCUT2D eigenvalue weighted by Crippen LogP contribution is 2.19. The van der Waals surface area contributed by atoms with Gasteiger partial charge in [0.2, 0.25) is 0 Å². The van der Waals surface area contributed by atoms with Gasteiger partial charge in [0, 0.05) is 5.56 Å². The molecule has 0 aromatic heterocycles. The Morgan fingerprint density at radius 1 is 1.09 bits per heavy atom. The van der Waals surface area contributed by atoms with Crippen LogP contribution in [0.4, 0.5) is 8.78 Å². The van der Waals surface area contributed by atoms with Crippen molar-refractivity contribution in [3.05, 3.63) is 41.7 Å². The second-order valence-electron chi connectivity index (χ2n) is 2.21. The minimum Gasteiger partial charge on any atom is -0.209 e. The van der Waals surface area contributed by atoms with Crippen molar-refractivity contribution >= 4 is 5.83 Å². The number of hydrogen-bond acceptors (Lipinski definition) is 0. The van der Waals surface area contributed by atoms with E-state index in [0.717, 1.165) is 6.92 Å². The largest absolute Gasteiger partial charge is 0.209 e. The molecular formula is C9H8F2. The maximum atomic E-state index is 12.8. The molecule has 0 nitrogen and oxygen atoms in total. The van der Waals surface area contributed by atoms with Crippen LogP contribution in [0.2, 0.25) is 0 Å². The van der Waals surface area contributed by atoms with Crippen molar-refractivity contribution < 1.29 is 8.78 Å². The highest BCUT2D eigenvalue weighted by Gasteiger charge is 2.02. The summed E-state index contributed by atoms with van der Waals surface area (Å²) in [6.45, 7) is 1.10. The molecule has 0 saturated heterocycles. The van der Waals surface area contributed by atoms with E-state index in [1.165, 1.54) is 12.1 Å². The van der Waals surface area contributed by atoms with Crippen molar-refractivity contribution in [2.75, 3.05) is 0 Å². The highest BCUT2D eigenvalue weighted by atomic mass is 19.2. The molecule has 0 N–H and O–H groups in total. The fraction of sp³-hybridized carbons (Fsp3) is 0.111. The van der Waals surface area contributed by atoms with Gasteiger partial charge in [-0.2, -0.15) is 0 Å². The molecule has 0 aliphatic heterocycles. The smallest absolute Gasteiger partial charge is 0.161 e. The number of hydrogen-bond donors (Lipinski definition) is 0. The number of benzene rings is 1. The molecule has 0 aliphatic rings. The molecule has 0 amide bonds. The molecule has 0 unspecified atom stereocenters. The van der Waals surface area contributed by atoms with Gasteiger partial charge >= 0.3 is 0 Å². The Kier molecular flexibility index (Phi) is 2.36. The Morgan fingerprint density at radius 3 is 2.09 bits per heavy atom. The third-order valence-corrected chi connectivity index (χ3v) is 1.33. The van der Waals surface area contributed by atoms with E-state index in [9.17, 15) is 8.78 Å². The minimum absolute atomic E-state index is 0.285. The topological polar surface area (TPSA) is 0 Å². The SMILES string of the molecule is C/C(F)=C(\F)c1ccccc1. The van der Waals surface area contributed by atoms with Crippen molar-refractivity contribution in [3.63, 3.8) is 0 Å². The van der Waals surface area contributed by atoms with Crippen LogP contribution < -0.4 is 0 Å². The van der Waals surface area contributed by atoms with E-state index >= 15 is 0 Å². The lowest BCUT2D eigenvalue weighted by Crippen LogP contribution is -1.77. The summed E-state index contributed by atoms with van der Waals surface area (Å²) >= 11 is 0. The van der Waals surface area contributed by atoms with Crippen LogP contribution in [0.1, 0.15) is 12.5 Å². The van der Waals surface area contributed by atoms with E-state index in [4.69, 9.17) is 0 Å². The van der Waals surface area contributed by atoms with Gasteiger partial charge in [0.15, 0.2) is 5.83 Å². The van der Waals surface area contributed by atoms with Gasteiger partial charge in [-0.25, -0.2) is 8.78 Å². The molecule has 11 heavy (non-hydrogen) atoms. The van der Waals surface area contributed by atoms with Gasteiger partial charge in [-0.15, -0.1) is 0 Å². The van der Waals surface area contributed by atoms with Gasteiger partial charge in [0.1, 0.15) is 5.83 Å².